The van der Waals surface area contributed by atoms with Crippen LogP contribution in [0.4, 0.5) is 0 Å². The van der Waals surface area contributed by atoms with Crippen LogP contribution in [0.15, 0.2) is 16.3 Å². The molecule has 0 radical (unpaired) electrons. The Labute approximate surface area is 116 Å². The van der Waals surface area contributed by atoms with Crippen LogP contribution in [0, 0.1) is 5.41 Å². The molecule has 0 heterocycles. The number of rotatable bonds is 2. The van der Waals surface area contributed by atoms with E-state index in [0.717, 1.165) is 18.6 Å². The van der Waals surface area contributed by atoms with Gasteiger partial charge in [-0.15, -0.1) is 0 Å². The molecule has 0 bridgehead atoms. The van der Waals surface area contributed by atoms with Crippen LogP contribution in [0.25, 0.3) is 0 Å². The average Bonchev–Trinajstić information content (AvgIpc) is 2.11. The van der Waals surface area contributed by atoms with Gasteiger partial charge in [0.05, 0.1) is 16.8 Å². The van der Waals surface area contributed by atoms with E-state index in [9.17, 15) is 9.90 Å². The van der Waals surface area contributed by atoms with Crippen LogP contribution in [0.5, 0.6) is 0 Å². The molecule has 1 aliphatic rings. The Morgan fingerprint density at radius 1 is 1.32 bits per heavy atom. The van der Waals surface area contributed by atoms with Crippen molar-refractivity contribution in [3.63, 3.8) is 0 Å². The van der Waals surface area contributed by atoms with Gasteiger partial charge >= 0.3 is 0 Å². The molecule has 1 rings (SSSR count). The van der Waals surface area contributed by atoms with Crippen molar-refractivity contribution in [2.45, 2.75) is 72.8 Å². The third-order valence-corrected chi connectivity index (χ3v) is 3.10. The van der Waals surface area contributed by atoms with E-state index < -0.39 is 0 Å². The van der Waals surface area contributed by atoms with E-state index in [2.05, 4.69) is 18.8 Å². The molecule has 0 aromatic rings. The van der Waals surface area contributed by atoms with Gasteiger partial charge in [-0.3, -0.25) is 9.79 Å². The van der Waals surface area contributed by atoms with Crippen LogP contribution >= 0.6 is 0 Å². The number of carbonyl (C=O) groups excluding carboxylic acids is 1. The standard InChI is InChI=1S/C16H27NO2/c1-7-8-12(18)14-11(17-15(2,3)4)9-16(5,6)10-13(14)19/h18H,7-10H2,1-6H3/b14-12-,17-11?. The van der Waals surface area contributed by atoms with Crippen molar-refractivity contribution in [3.05, 3.63) is 11.3 Å². The first-order valence-electron chi connectivity index (χ1n) is 7.10. The predicted molar refractivity (Wildman–Crippen MR) is 79.8 cm³/mol. The second-order valence-corrected chi connectivity index (χ2v) is 7.24. The van der Waals surface area contributed by atoms with E-state index in [0.29, 0.717) is 18.4 Å². The molecule has 1 aliphatic carbocycles. The highest BCUT2D eigenvalue weighted by Crippen LogP contribution is 2.36. The topological polar surface area (TPSA) is 49.7 Å². The van der Waals surface area contributed by atoms with Gasteiger partial charge in [0.25, 0.3) is 0 Å². The van der Waals surface area contributed by atoms with E-state index in [4.69, 9.17) is 0 Å². The molecule has 1 N–H and O–H groups in total. The van der Waals surface area contributed by atoms with Crippen molar-refractivity contribution >= 4 is 11.5 Å². The van der Waals surface area contributed by atoms with Gasteiger partial charge in [0, 0.05) is 12.8 Å². The summed E-state index contributed by atoms with van der Waals surface area (Å²) in [5.41, 5.74) is 0.952. The van der Waals surface area contributed by atoms with E-state index >= 15 is 0 Å². The van der Waals surface area contributed by atoms with Crippen LogP contribution in [0.1, 0.15) is 67.2 Å². The quantitative estimate of drug-likeness (QED) is 0.600. The highest BCUT2D eigenvalue weighted by atomic mass is 16.3. The Hall–Kier alpha value is -1.12. The molecular weight excluding hydrogens is 238 g/mol. The van der Waals surface area contributed by atoms with E-state index in [1.54, 1.807) is 0 Å². The van der Waals surface area contributed by atoms with Gasteiger partial charge in [-0.25, -0.2) is 0 Å². The molecular formula is C16H27NO2. The third-order valence-electron chi connectivity index (χ3n) is 3.10. The number of aliphatic hydroxyl groups excluding tert-OH is 1. The molecule has 1 fully saturated rings. The summed E-state index contributed by atoms with van der Waals surface area (Å²) in [6.45, 7) is 12.2. The fourth-order valence-corrected chi connectivity index (χ4v) is 2.48. The van der Waals surface area contributed by atoms with Crippen molar-refractivity contribution in [1.29, 1.82) is 0 Å². The lowest BCUT2D eigenvalue weighted by Crippen LogP contribution is -2.34. The molecule has 108 valence electrons. The third kappa shape index (κ3) is 4.48. The number of carbonyl (C=O) groups is 1. The van der Waals surface area contributed by atoms with Crippen LogP contribution in [0.2, 0.25) is 0 Å². The molecule has 0 atom stereocenters. The number of allylic oxidation sites excluding steroid dienone is 2. The number of hydrogen-bond acceptors (Lipinski definition) is 3. The van der Waals surface area contributed by atoms with E-state index in [1.165, 1.54) is 0 Å². The molecule has 0 aromatic heterocycles. The second kappa shape index (κ2) is 5.48. The normalized spacial score (nSPS) is 24.7. The lowest BCUT2D eigenvalue weighted by atomic mass is 9.73. The Kier molecular flexibility index (Phi) is 4.59. The fraction of sp³-hybridized carbons (Fsp3) is 0.750. The number of aliphatic hydroxyl groups is 1. The summed E-state index contributed by atoms with van der Waals surface area (Å²) in [5, 5.41) is 10.2. The van der Waals surface area contributed by atoms with Gasteiger partial charge in [0.2, 0.25) is 0 Å². The zero-order valence-corrected chi connectivity index (χ0v) is 13.1. The Balaban J connectivity index is 3.29. The summed E-state index contributed by atoms with van der Waals surface area (Å²) >= 11 is 0. The van der Waals surface area contributed by atoms with Crippen molar-refractivity contribution in [1.82, 2.24) is 0 Å². The van der Waals surface area contributed by atoms with Crippen LogP contribution in [-0.2, 0) is 4.79 Å². The van der Waals surface area contributed by atoms with Crippen molar-refractivity contribution in [2.24, 2.45) is 10.4 Å². The maximum atomic E-state index is 12.3. The molecule has 1 saturated carbocycles. The summed E-state index contributed by atoms with van der Waals surface area (Å²) in [4.78, 5) is 17.0. The van der Waals surface area contributed by atoms with Gasteiger partial charge in [-0.2, -0.15) is 0 Å². The zero-order valence-electron chi connectivity index (χ0n) is 13.1. The molecule has 0 aliphatic heterocycles. The van der Waals surface area contributed by atoms with Crippen molar-refractivity contribution < 1.29 is 9.90 Å². The first kappa shape index (κ1) is 15.9. The molecule has 19 heavy (non-hydrogen) atoms. The second-order valence-electron chi connectivity index (χ2n) is 7.24. The summed E-state index contributed by atoms with van der Waals surface area (Å²) in [6.07, 6.45) is 2.61. The average molecular weight is 265 g/mol. The minimum Gasteiger partial charge on any atom is -0.511 e. The van der Waals surface area contributed by atoms with Crippen LogP contribution in [-0.4, -0.2) is 22.1 Å². The number of nitrogens with zero attached hydrogens (tertiary/aromatic N) is 1. The maximum absolute atomic E-state index is 12.3. The van der Waals surface area contributed by atoms with Gasteiger partial charge in [-0.05, 0) is 39.0 Å². The predicted octanol–water partition coefficient (Wildman–Crippen LogP) is 4.23. The molecule has 3 nitrogen and oxygen atoms in total. The highest BCUT2D eigenvalue weighted by molar-refractivity contribution is 6.24. The monoisotopic (exact) mass is 265 g/mol. The van der Waals surface area contributed by atoms with Crippen LogP contribution in [0.3, 0.4) is 0 Å². The summed E-state index contributed by atoms with van der Waals surface area (Å²) < 4.78 is 0. The van der Waals surface area contributed by atoms with Gasteiger partial charge in [-0.1, -0.05) is 20.8 Å². The Bertz CT molecular complexity index is 423. The Morgan fingerprint density at radius 2 is 1.89 bits per heavy atom. The first-order chi connectivity index (χ1) is 8.56. The summed E-state index contributed by atoms with van der Waals surface area (Å²) in [5.74, 6) is 0.246. The molecule has 0 amide bonds. The fourth-order valence-electron chi connectivity index (χ4n) is 2.48. The smallest absolute Gasteiger partial charge is 0.168 e. The van der Waals surface area contributed by atoms with E-state index in [1.807, 2.05) is 27.7 Å². The molecule has 0 aromatic carbocycles. The largest absolute Gasteiger partial charge is 0.511 e. The van der Waals surface area contributed by atoms with Crippen molar-refractivity contribution in [3.8, 4) is 0 Å². The van der Waals surface area contributed by atoms with E-state index in [-0.39, 0.29) is 22.5 Å². The van der Waals surface area contributed by atoms with Crippen molar-refractivity contribution in [2.75, 3.05) is 0 Å². The van der Waals surface area contributed by atoms with Gasteiger partial charge in [0.15, 0.2) is 5.78 Å². The Morgan fingerprint density at radius 3 is 2.37 bits per heavy atom. The number of aliphatic imine (C=N–C) groups is 1. The summed E-state index contributed by atoms with van der Waals surface area (Å²) in [6, 6.07) is 0. The lowest BCUT2D eigenvalue weighted by Gasteiger charge is -2.32. The molecule has 3 heteroatoms. The van der Waals surface area contributed by atoms with Gasteiger partial charge in [0.1, 0.15) is 5.76 Å². The minimum absolute atomic E-state index is 0.0326. The summed E-state index contributed by atoms with van der Waals surface area (Å²) in [7, 11) is 0. The number of hydrogen-bond donors (Lipinski definition) is 1. The van der Waals surface area contributed by atoms with Crippen LogP contribution < -0.4 is 0 Å². The molecule has 0 spiro atoms. The lowest BCUT2D eigenvalue weighted by molar-refractivity contribution is -0.117. The molecule has 0 saturated heterocycles. The molecule has 0 unspecified atom stereocenters. The number of Topliss-reactive ketones (excluding diaryl/α,β-unsaturated/α-hetero) is 1. The first-order valence-corrected chi connectivity index (χ1v) is 7.10. The maximum Gasteiger partial charge on any atom is 0.168 e. The SMILES string of the molecule is CCC/C(O)=C1/C(=O)CC(C)(C)CC1=NC(C)(C)C. The minimum atomic E-state index is -0.235. The zero-order chi connectivity index (χ0) is 14.8. The van der Waals surface area contributed by atoms with Gasteiger partial charge < -0.3 is 5.11 Å². The highest BCUT2D eigenvalue weighted by Gasteiger charge is 2.36. The number of ketones is 1.